The van der Waals surface area contributed by atoms with Crippen molar-refractivity contribution in [2.75, 3.05) is 11.5 Å². The zero-order chi connectivity index (χ0) is 24.4. The number of Topliss-reactive ketones (excluding diaryl/α,β-unsaturated/α-hetero) is 1. The number of phenols is 1. The molecule has 0 aliphatic carbocycles. The number of phenolic OH excluding ortho intramolecular Hbond substituents is 1. The number of hydrogen-bond donors (Lipinski definition) is 2. The van der Waals surface area contributed by atoms with Crippen LogP contribution in [0.3, 0.4) is 0 Å². The summed E-state index contributed by atoms with van der Waals surface area (Å²) in [7, 11) is 0. The van der Waals surface area contributed by atoms with Crippen molar-refractivity contribution >= 4 is 23.1 Å². The Morgan fingerprint density at radius 1 is 0.971 bits per heavy atom. The number of aliphatic hydroxyl groups excluding tert-OH is 1. The molecule has 4 rings (SSSR count). The van der Waals surface area contributed by atoms with Crippen molar-refractivity contribution in [2.24, 2.45) is 0 Å². The van der Waals surface area contributed by atoms with E-state index in [2.05, 4.69) is 0 Å². The second-order valence-corrected chi connectivity index (χ2v) is 8.42. The van der Waals surface area contributed by atoms with Gasteiger partial charge in [-0.25, -0.2) is 0 Å². The van der Waals surface area contributed by atoms with E-state index in [0.29, 0.717) is 29.2 Å². The molecule has 2 N–H and O–H groups in total. The maximum atomic E-state index is 13.3. The molecule has 6 heteroatoms. The molecule has 1 unspecified atom stereocenters. The van der Waals surface area contributed by atoms with Gasteiger partial charge >= 0.3 is 0 Å². The van der Waals surface area contributed by atoms with Crippen molar-refractivity contribution in [1.82, 2.24) is 0 Å². The van der Waals surface area contributed by atoms with Gasteiger partial charge in [-0.3, -0.25) is 14.5 Å². The van der Waals surface area contributed by atoms with Gasteiger partial charge in [0.2, 0.25) is 0 Å². The molecule has 0 saturated carbocycles. The van der Waals surface area contributed by atoms with E-state index >= 15 is 0 Å². The molecule has 1 aliphatic rings. The van der Waals surface area contributed by atoms with E-state index in [1.54, 1.807) is 36.4 Å². The van der Waals surface area contributed by atoms with Crippen molar-refractivity contribution < 1.29 is 24.5 Å². The first-order chi connectivity index (χ1) is 16.3. The second kappa shape index (κ2) is 9.43. The normalized spacial score (nSPS) is 17.3. The summed E-state index contributed by atoms with van der Waals surface area (Å²) in [6.45, 7) is 6.42. The Kier molecular flexibility index (Phi) is 6.41. The van der Waals surface area contributed by atoms with Gasteiger partial charge in [-0.2, -0.15) is 0 Å². The average Bonchev–Trinajstić information content (AvgIpc) is 3.08. The van der Waals surface area contributed by atoms with Gasteiger partial charge in [0.15, 0.2) is 0 Å². The SMILES string of the molecule is CCCOc1ccc(/C(O)=C2\C(=O)C(=O)N(c3ccc(C)cc3C)C2c2ccc(O)cc2)cc1. The summed E-state index contributed by atoms with van der Waals surface area (Å²) >= 11 is 0. The van der Waals surface area contributed by atoms with Gasteiger partial charge in [-0.1, -0.05) is 36.8 Å². The van der Waals surface area contributed by atoms with Gasteiger partial charge in [0, 0.05) is 11.3 Å². The zero-order valence-electron chi connectivity index (χ0n) is 19.4. The lowest BCUT2D eigenvalue weighted by atomic mass is 9.94. The van der Waals surface area contributed by atoms with Crippen molar-refractivity contribution in [2.45, 2.75) is 33.2 Å². The Labute approximate surface area is 198 Å². The van der Waals surface area contributed by atoms with Crippen LogP contribution < -0.4 is 9.64 Å². The standard InChI is InChI=1S/C28H27NO5/c1-4-15-34-22-12-8-20(9-13-22)26(31)24-25(19-6-10-21(30)11-7-19)29(28(33)27(24)32)23-14-5-17(2)16-18(23)3/h5-14,16,25,30-31H,4,15H2,1-3H3/b26-24+. The third kappa shape index (κ3) is 4.27. The first kappa shape index (κ1) is 23.1. The average molecular weight is 458 g/mol. The molecule has 174 valence electrons. The minimum atomic E-state index is -0.849. The summed E-state index contributed by atoms with van der Waals surface area (Å²) < 4.78 is 5.60. The Balaban J connectivity index is 1.87. The lowest BCUT2D eigenvalue weighted by molar-refractivity contribution is -0.132. The van der Waals surface area contributed by atoms with Crippen LogP contribution in [0.1, 0.15) is 41.6 Å². The van der Waals surface area contributed by atoms with Gasteiger partial charge in [0.25, 0.3) is 11.7 Å². The maximum absolute atomic E-state index is 13.3. The number of aromatic hydroxyl groups is 1. The predicted molar refractivity (Wildman–Crippen MR) is 131 cm³/mol. The number of carbonyl (C=O) groups excluding carboxylic acids is 2. The Hall–Kier alpha value is -4.06. The highest BCUT2D eigenvalue weighted by Crippen LogP contribution is 2.43. The fourth-order valence-electron chi connectivity index (χ4n) is 4.21. The molecule has 3 aromatic rings. The fraction of sp³-hybridized carbons (Fsp3) is 0.214. The number of anilines is 1. The van der Waals surface area contributed by atoms with Crippen LogP contribution in [-0.4, -0.2) is 28.5 Å². The molecule has 0 aromatic heterocycles. The summed E-state index contributed by atoms with van der Waals surface area (Å²) in [5, 5.41) is 21.0. The lowest BCUT2D eigenvalue weighted by Crippen LogP contribution is -2.30. The second-order valence-electron chi connectivity index (χ2n) is 8.42. The van der Waals surface area contributed by atoms with E-state index in [4.69, 9.17) is 4.74 Å². The molecule has 1 aliphatic heterocycles. The number of ketones is 1. The minimum absolute atomic E-state index is 0.00195. The molecule has 1 fully saturated rings. The van der Waals surface area contributed by atoms with E-state index in [1.165, 1.54) is 17.0 Å². The van der Waals surface area contributed by atoms with Crippen LogP contribution in [0.5, 0.6) is 11.5 Å². The molecule has 6 nitrogen and oxygen atoms in total. The molecule has 1 atom stereocenters. The summed E-state index contributed by atoms with van der Waals surface area (Å²) in [5.41, 5.74) is 3.46. The highest BCUT2D eigenvalue weighted by Gasteiger charge is 2.47. The van der Waals surface area contributed by atoms with E-state index in [9.17, 15) is 19.8 Å². The Morgan fingerprint density at radius 3 is 2.26 bits per heavy atom. The van der Waals surface area contributed by atoms with Crippen molar-refractivity contribution in [1.29, 1.82) is 0 Å². The van der Waals surface area contributed by atoms with E-state index in [1.807, 2.05) is 39.0 Å². The van der Waals surface area contributed by atoms with Crippen LogP contribution in [0.4, 0.5) is 5.69 Å². The summed E-state index contributed by atoms with van der Waals surface area (Å²) in [4.78, 5) is 28.0. The molecule has 34 heavy (non-hydrogen) atoms. The smallest absolute Gasteiger partial charge is 0.300 e. The Morgan fingerprint density at radius 2 is 1.65 bits per heavy atom. The highest BCUT2D eigenvalue weighted by atomic mass is 16.5. The third-order valence-electron chi connectivity index (χ3n) is 5.87. The van der Waals surface area contributed by atoms with Crippen LogP contribution in [0.15, 0.2) is 72.3 Å². The molecule has 0 spiro atoms. The monoisotopic (exact) mass is 457 g/mol. The maximum Gasteiger partial charge on any atom is 0.300 e. The first-order valence-corrected chi connectivity index (χ1v) is 11.2. The quantitative estimate of drug-likeness (QED) is 0.293. The summed E-state index contributed by atoms with van der Waals surface area (Å²) in [5.74, 6) is -1.01. The molecular formula is C28H27NO5. The molecule has 1 amide bonds. The number of carbonyl (C=O) groups is 2. The number of hydrogen-bond acceptors (Lipinski definition) is 5. The topological polar surface area (TPSA) is 87.1 Å². The number of aryl methyl sites for hydroxylation is 2. The fourth-order valence-corrected chi connectivity index (χ4v) is 4.21. The van der Waals surface area contributed by atoms with Crippen LogP contribution >= 0.6 is 0 Å². The predicted octanol–water partition coefficient (Wildman–Crippen LogP) is 5.42. The summed E-state index contributed by atoms with van der Waals surface area (Å²) in [6, 6.07) is 17.9. The van der Waals surface area contributed by atoms with Crippen molar-refractivity contribution in [3.63, 3.8) is 0 Å². The van der Waals surface area contributed by atoms with Gasteiger partial charge in [0.1, 0.15) is 17.3 Å². The van der Waals surface area contributed by atoms with E-state index < -0.39 is 17.7 Å². The van der Waals surface area contributed by atoms with Gasteiger partial charge < -0.3 is 14.9 Å². The highest BCUT2D eigenvalue weighted by molar-refractivity contribution is 6.51. The van der Waals surface area contributed by atoms with Crippen molar-refractivity contribution in [3.8, 4) is 11.5 Å². The van der Waals surface area contributed by atoms with Gasteiger partial charge in [0.05, 0.1) is 18.2 Å². The molecule has 0 radical (unpaired) electrons. The number of amides is 1. The van der Waals surface area contributed by atoms with Crippen LogP contribution in [-0.2, 0) is 9.59 Å². The molecule has 1 saturated heterocycles. The van der Waals surface area contributed by atoms with Crippen LogP contribution in [0.2, 0.25) is 0 Å². The van der Waals surface area contributed by atoms with E-state index in [-0.39, 0.29) is 17.1 Å². The number of aliphatic hydroxyl groups is 1. The van der Waals surface area contributed by atoms with Gasteiger partial charge in [-0.05, 0) is 73.9 Å². The first-order valence-electron chi connectivity index (χ1n) is 11.2. The van der Waals surface area contributed by atoms with Crippen LogP contribution in [0.25, 0.3) is 5.76 Å². The molecule has 1 heterocycles. The Bertz CT molecular complexity index is 1260. The van der Waals surface area contributed by atoms with E-state index in [0.717, 1.165) is 17.5 Å². The number of ether oxygens (including phenoxy) is 1. The number of benzene rings is 3. The largest absolute Gasteiger partial charge is 0.508 e. The molecule has 0 bridgehead atoms. The molecule has 3 aromatic carbocycles. The summed E-state index contributed by atoms with van der Waals surface area (Å²) in [6.07, 6.45) is 0.871. The van der Waals surface area contributed by atoms with Crippen molar-refractivity contribution in [3.05, 3.63) is 94.6 Å². The number of rotatable bonds is 6. The zero-order valence-corrected chi connectivity index (χ0v) is 19.4. The van der Waals surface area contributed by atoms with Crippen LogP contribution in [0, 0.1) is 13.8 Å². The number of nitrogens with zero attached hydrogens (tertiary/aromatic N) is 1. The minimum Gasteiger partial charge on any atom is -0.508 e. The third-order valence-corrected chi connectivity index (χ3v) is 5.87. The lowest BCUT2D eigenvalue weighted by Gasteiger charge is -2.27. The van der Waals surface area contributed by atoms with Gasteiger partial charge in [-0.15, -0.1) is 0 Å². The molecular weight excluding hydrogens is 430 g/mol.